The van der Waals surface area contributed by atoms with Crippen LogP contribution in [-0.2, 0) is 6.54 Å². The second kappa shape index (κ2) is 2.85. The van der Waals surface area contributed by atoms with Crippen molar-refractivity contribution < 1.29 is 5.11 Å². The van der Waals surface area contributed by atoms with Gasteiger partial charge in [-0.1, -0.05) is 0 Å². The second-order valence-electron chi connectivity index (χ2n) is 3.14. The number of aliphatic hydroxyl groups is 1. The molecule has 12 heavy (non-hydrogen) atoms. The summed E-state index contributed by atoms with van der Waals surface area (Å²) in [5.74, 6) is 0.982. The molecule has 0 aliphatic carbocycles. The zero-order valence-electron chi connectivity index (χ0n) is 6.92. The van der Waals surface area contributed by atoms with Gasteiger partial charge in [0.2, 0.25) is 0 Å². The number of halogens is 1. The maximum atomic E-state index is 9.66. The molecule has 0 saturated heterocycles. The highest BCUT2D eigenvalue weighted by atomic mass is 79.9. The number of aryl methyl sites for hydroxylation is 1. The molecule has 0 amide bonds. The highest BCUT2D eigenvalue weighted by Gasteiger charge is 2.23. The summed E-state index contributed by atoms with van der Waals surface area (Å²) in [6.07, 6.45) is 1.55. The molecule has 0 fully saturated rings. The number of aliphatic hydroxyl groups excluding tert-OH is 1. The molecule has 1 atom stereocenters. The molecule has 1 N–H and O–H groups in total. The van der Waals surface area contributed by atoms with Gasteiger partial charge in [-0.25, -0.2) is 4.98 Å². The largest absolute Gasteiger partial charge is 0.387 e. The molecular formula is C8H11BrN2O. The fourth-order valence-corrected chi connectivity index (χ4v) is 2.46. The average molecular weight is 231 g/mol. The molecule has 0 aromatic carbocycles. The summed E-state index contributed by atoms with van der Waals surface area (Å²) in [6, 6.07) is 0. The molecule has 0 saturated carbocycles. The molecule has 1 aromatic rings. The molecule has 1 aliphatic rings. The molecule has 4 heteroatoms. The minimum Gasteiger partial charge on any atom is -0.387 e. The summed E-state index contributed by atoms with van der Waals surface area (Å²) in [5, 5.41) is 9.66. The lowest BCUT2D eigenvalue weighted by Gasteiger charge is -2.20. The van der Waals surface area contributed by atoms with Gasteiger partial charge in [0.05, 0.1) is 11.8 Å². The van der Waals surface area contributed by atoms with E-state index in [-0.39, 0.29) is 6.10 Å². The van der Waals surface area contributed by atoms with Gasteiger partial charge in [-0.3, -0.25) is 0 Å². The normalized spacial score (nSPS) is 22.4. The van der Waals surface area contributed by atoms with Gasteiger partial charge in [-0.15, -0.1) is 0 Å². The topological polar surface area (TPSA) is 38.0 Å². The van der Waals surface area contributed by atoms with Crippen molar-refractivity contribution in [3.05, 3.63) is 16.1 Å². The molecule has 0 radical (unpaired) electrons. The van der Waals surface area contributed by atoms with Crippen molar-refractivity contribution in [1.82, 2.24) is 9.55 Å². The molecule has 1 aromatic heterocycles. The van der Waals surface area contributed by atoms with E-state index in [0.717, 1.165) is 35.5 Å². The van der Waals surface area contributed by atoms with Gasteiger partial charge in [0.15, 0.2) is 0 Å². The molecule has 66 valence electrons. The first-order chi connectivity index (χ1) is 5.70. The van der Waals surface area contributed by atoms with Crippen LogP contribution in [0.4, 0.5) is 0 Å². The Morgan fingerprint density at radius 1 is 1.67 bits per heavy atom. The van der Waals surface area contributed by atoms with Crippen molar-refractivity contribution >= 4 is 15.9 Å². The smallest absolute Gasteiger partial charge is 0.130 e. The number of aromatic nitrogens is 2. The number of hydrogen-bond donors (Lipinski definition) is 1. The van der Waals surface area contributed by atoms with E-state index in [2.05, 4.69) is 25.5 Å². The van der Waals surface area contributed by atoms with Gasteiger partial charge >= 0.3 is 0 Å². The molecule has 0 spiro atoms. The molecule has 1 aliphatic heterocycles. The number of rotatable bonds is 0. The molecular weight excluding hydrogens is 220 g/mol. The monoisotopic (exact) mass is 230 g/mol. The van der Waals surface area contributed by atoms with Crippen LogP contribution in [0.25, 0.3) is 0 Å². The van der Waals surface area contributed by atoms with E-state index >= 15 is 0 Å². The Morgan fingerprint density at radius 2 is 2.42 bits per heavy atom. The third-order valence-electron chi connectivity index (χ3n) is 2.33. The minimum absolute atomic E-state index is 0.339. The first kappa shape index (κ1) is 8.26. The zero-order valence-corrected chi connectivity index (χ0v) is 8.50. The maximum absolute atomic E-state index is 9.66. The van der Waals surface area contributed by atoms with Crippen molar-refractivity contribution in [3.8, 4) is 0 Å². The highest BCUT2D eigenvalue weighted by Crippen LogP contribution is 2.31. The summed E-state index contributed by atoms with van der Waals surface area (Å²) in [7, 11) is 0. The Hall–Kier alpha value is -0.350. The highest BCUT2D eigenvalue weighted by molar-refractivity contribution is 9.10. The number of imidazole rings is 1. The predicted molar refractivity (Wildman–Crippen MR) is 48.9 cm³/mol. The van der Waals surface area contributed by atoms with E-state index in [4.69, 9.17) is 0 Å². The van der Waals surface area contributed by atoms with Gasteiger partial charge in [-0.2, -0.15) is 0 Å². The fourth-order valence-electron chi connectivity index (χ4n) is 1.72. The van der Waals surface area contributed by atoms with Crippen LogP contribution in [0.5, 0.6) is 0 Å². The van der Waals surface area contributed by atoms with Gasteiger partial charge in [0.25, 0.3) is 0 Å². The fraction of sp³-hybridized carbons (Fsp3) is 0.625. The molecule has 2 rings (SSSR count). The van der Waals surface area contributed by atoms with Crippen LogP contribution >= 0.6 is 15.9 Å². The lowest BCUT2D eigenvalue weighted by Crippen LogP contribution is -2.15. The first-order valence-corrected chi connectivity index (χ1v) is 4.90. The number of hydrogen-bond acceptors (Lipinski definition) is 2. The van der Waals surface area contributed by atoms with Gasteiger partial charge in [0.1, 0.15) is 10.4 Å². The number of nitrogens with zero attached hydrogens (tertiary/aromatic N) is 2. The Balaban J connectivity index is 2.55. The van der Waals surface area contributed by atoms with Crippen molar-refractivity contribution in [1.29, 1.82) is 0 Å². The molecule has 1 unspecified atom stereocenters. The van der Waals surface area contributed by atoms with Crippen LogP contribution in [0.1, 0.15) is 30.5 Å². The van der Waals surface area contributed by atoms with Crippen LogP contribution in [0.3, 0.4) is 0 Å². The van der Waals surface area contributed by atoms with Gasteiger partial charge in [-0.05, 0) is 35.7 Å². The van der Waals surface area contributed by atoms with E-state index in [1.807, 2.05) is 6.92 Å². The van der Waals surface area contributed by atoms with E-state index in [0.29, 0.717) is 0 Å². The first-order valence-electron chi connectivity index (χ1n) is 4.10. The van der Waals surface area contributed by atoms with Crippen LogP contribution in [-0.4, -0.2) is 14.7 Å². The van der Waals surface area contributed by atoms with Crippen LogP contribution < -0.4 is 0 Å². The third-order valence-corrected chi connectivity index (χ3v) is 2.91. The van der Waals surface area contributed by atoms with Crippen molar-refractivity contribution in [2.75, 3.05) is 0 Å². The van der Waals surface area contributed by atoms with Crippen LogP contribution in [0, 0.1) is 6.92 Å². The maximum Gasteiger partial charge on any atom is 0.130 e. The molecule has 2 heterocycles. The van der Waals surface area contributed by atoms with Crippen molar-refractivity contribution in [2.24, 2.45) is 0 Å². The Kier molecular flexibility index (Phi) is 1.96. The van der Waals surface area contributed by atoms with Crippen molar-refractivity contribution in [2.45, 2.75) is 32.4 Å². The lowest BCUT2D eigenvalue weighted by molar-refractivity contribution is 0.137. The summed E-state index contributed by atoms with van der Waals surface area (Å²) in [5.41, 5.74) is 0.943. The summed E-state index contributed by atoms with van der Waals surface area (Å²) in [6.45, 7) is 2.95. The summed E-state index contributed by atoms with van der Waals surface area (Å²) < 4.78 is 2.88. The number of fused-ring (bicyclic) bond motifs is 1. The van der Waals surface area contributed by atoms with E-state index < -0.39 is 0 Å². The molecule has 0 bridgehead atoms. The van der Waals surface area contributed by atoms with Crippen LogP contribution in [0.2, 0.25) is 0 Å². The SMILES string of the molecule is Cc1nc(Br)c2n1CCCC2O. The van der Waals surface area contributed by atoms with Gasteiger partial charge in [0, 0.05) is 6.54 Å². The van der Waals surface area contributed by atoms with Crippen molar-refractivity contribution in [3.63, 3.8) is 0 Å². The summed E-state index contributed by atoms with van der Waals surface area (Å²) >= 11 is 3.35. The Morgan fingerprint density at radius 3 is 3.08 bits per heavy atom. The quantitative estimate of drug-likeness (QED) is 0.739. The molecule has 3 nitrogen and oxygen atoms in total. The van der Waals surface area contributed by atoms with E-state index in [1.165, 1.54) is 0 Å². The standard InChI is InChI=1S/C8H11BrN2O/c1-5-10-8(9)7-6(12)3-2-4-11(5)7/h6,12H,2-4H2,1H3. The van der Waals surface area contributed by atoms with E-state index in [9.17, 15) is 5.11 Å². The predicted octanol–water partition coefficient (Wildman–Crippen LogP) is 1.78. The second-order valence-corrected chi connectivity index (χ2v) is 3.90. The van der Waals surface area contributed by atoms with E-state index in [1.54, 1.807) is 0 Å². The van der Waals surface area contributed by atoms with Gasteiger partial charge < -0.3 is 9.67 Å². The van der Waals surface area contributed by atoms with Crippen LogP contribution in [0.15, 0.2) is 4.60 Å². The third kappa shape index (κ3) is 1.10. The zero-order chi connectivity index (χ0) is 8.72. The Bertz CT molecular complexity index is 308. The average Bonchev–Trinajstić information content (AvgIpc) is 2.29. The Labute approximate surface area is 79.6 Å². The lowest BCUT2D eigenvalue weighted by atomic mass is 10.1. The minimum atomic E-state index is -0.339. The summed E-state index contributed by atoms with van der Waals surface area (Å²) in [4.78, 5) is 4.26.